The fraction of sp³-hybridized carbons (Fsp3) is 0.400. The Balaban J connectivity index is 2.81. The highest BCUT2D eigenvalue weighted by molar-refractivity contribution is 9.10. The number of halogens is 1. The summed E-state index contributed by atoms with van der Waals surface area (Å²) in [7, 11) is 1.34. The van der Waals surface area contributed by atoms with Gasteiger partial charge in [0.2, 0.25) is 0 Å². The van der Waals surface area contributed by atoms with Crippen LogP contribution in [-0.2, 0) is 16.1 Å². The molecule has 82 valence electrons. The predicted molar refractivity (Wildman–Crippen MR) is 59.6 cm³/mol. The van der Waals surface area contributed by atoms with Crippen LogP contribution in [0.2, 0.25) is 0 Å². The molecule has 1 aromatic rings. The molecule has 0 N–H and O–H groups in total. The van der Waals surface area contributed by atoms with Crippen molar-refractivity contribution < 1.29 is 9.53 Å². The molecule has 4 nitrogen and oxygen atoms in total. The van der Waals surface area contributed by atoms with E-state index in [9.17, 15) is 9.59 Å². The van der Waals surface area contributed by atoms with E-state index < -0.39 is 0 Å². The maximum atomic E-state index is 11.5. The minimum atomic E-state index is -0.325. The van der Waals surface area contributed by atoms with E-state index in [4.69, 9.17) is 0 Å². The average Bonchev–Trinajstić information content (AvgIpc) is 2.20. The molecule has 0 saturated carbocycles. The first-order valence-corrected chi connectivity index (χ1v) is 5.27. The minimum absolute atomic E-state index is 0.139. The molecule has 15 heavy (non-hydrogen) atoms. The van der Waals surface area contributed by atoms with Crippen LogP contribution in [0.15, 0.2) is 27.6 Å². The normalized spacial score (nSPS) is 12.2. The minimum Gasteiger partial charge on any atom is -0.469 e. The molecule has 0 bridgehead atoms. The predicted octanol–water partition coefficient (Wildman–Crippen LogP) is 1.42. The number of carbonyl (C=O) groups is 1. The summed E-state index contributed by atoms with van der Waals surface area (Å²) in [4.78, 5) is 22.6. The molecular formula is C10H12BrNO3. The summed E-state index contributed by atoms with van der Waals surface area (Å²) in [6.07, 6.45) is 1.64. The zero-order valence-electron chi connectivity index (χ0n) is 8.57. The van der Waals surface area contributed by atoms with Crippen molar-refractivity contribution in [2.45, 2.75) is 13.5 Å². The molecule has 0 aliphatic carbocycles. The van der Waals surface area contributed by atoms with Gasteiger partial charge in [-0.25, -0.2) is 0 Å². The summed E-state index contributed by atoms with van der Waals surface area (Å²) in [6, 6.07) is 3.22. The van der Waals surface area contributed by atoms with Crippen molar-refractivity contribution in [1.29, 1.82) is 0 Å². The SMILES string of the molecule is COC(=O)[C@H](C)Cn1ccc(Br)cc1=O. The van der Waals surface area contributed by atoms with E-state index in [1.165, 1.54) is 17.7 Å². The molecule has 0 aliphatic rings. The maximum absolute atomic E-state index is 11.5. The van der Waals surface area contributed by atoms with Crippen molar-refractivity contribution in [1.82, 2.24) is 4.57 Å². The lowest BCUT2D eigenvalue weighted by atomic mass is 10.2. The third-order valence-corrected chi connectivity index (χ3v) is 2.53. The summed E-state index contributed by atoms with van der Waals surface area (Å²) in [5.74, 6) is -0.640. The quantitative estimate of drug-likeness (QED) is 0.783. The third kappa shape index (κ3) is 3.20. The van der Waals surface area contributed by atoms with Crippen molar-refractivity contribution >= 4 is 21.9 Å². The van der Waals surface area contributed by atoms with Crippen molar-refractivity contribution in [3.05, 3.63) is 33.2 Å². The summed E-state index contributed by atoms with van der Waals surface area (Å²) in [6.45, 7) is 2.05. The molecule has 1 aromatic heterocycles. The average molecular weight is 274 g/mol. The van der Waals surface area contributed by atoms with E-state index in [-0.39, 0.29) is 17.4 Å². The Labute approximate surface area is 96.0 Å². The molecule has 1 heterocycles. The summed E-state index contributed by atoms with van der Waals surface area (Å²) >= 11 is 3.20. The van der Waals surface area contributed by atoms with Gasteiger partial charge in [-0.05, 0) is 6.07 Å². The van der Waals surface area contributed by atoms with Gasteiger partial charge in [0.25, 0.3) is 5.56 Å². The Morgan fingerprint density at radius 2 is 2.33 bits per heavy atom. The van der Waals surface area contributed by atoms with Gasteiger partial charge in [0.1, 0.15) is 0 Å². The second-order valence-corrected chi connectivity index (χ2v) is 4.18. The van der Waals surface area contributed by atoms with Gasteiger partial charge < -0.3 is 9.30 Å². The first-order chi connectivity index (χ1) is 7.04. The van der Waals surface area contributed by atoms with Crippen LogP contribution < -0.4 is 5.56 Å². The van der Waals surface area contributed by atoms with E-state index in [0.717, 1.165) is 4.47 Å². The lowest BCUT2D eigenvalue weighted by Crippen LogP contribution is -2.26. The molecule has 0 amide bonds. The second kappa shape index (κ2) is 5.11. The Morgan fingerprint density at radius 1 is 1.67 bits per heavy atom. The molecule has 0 saturated heterocycles. The van der Waals surface area contributed by atoms with Gasteiger partial charge in [-0.3, -0.25) is 9.59 Å². The van der Waals surface area contributed by atoms with Crippen molar-refractivity contribution in [2.75, 3.05) is 7.11 Å². The molecule has 0 unspecified atom stereocenters. The summed E-state index contributed by atoms with van der Waals surface area (Å²) in [5, 5.41) is 0. The molecule has 1 rings (SSSR count). The highest BCUT2D eigenvalue weighted by Gasteiger charge is 2.13. The maximum Gasteiger partial charge on any atom is 0.310 e. The van der Waals surface area contributed by atoms with Crippen LogP contribution in [0.5, 0.6) is 0 Å². The van der Waals surface area contributed by atoms with Crippen LogP contribution in [0.1, 0.15) is 6.92 Å². The van der Waals surface area contributed by atoms with Gasteiger partial charge in [-0.15, -0.1) is 0 Å². The largest absolute Gasteiger partial charge is 0.469 e. The standard InChI is InChI=1S/C10H12BrNO3/c1-7(10(14)15-2)6-12-4-3-8(11)5-9(12)13/h3-5,7H,6H2,1-2H3/t7-/m1/s1. The molecule has 1 atom stereocenters. The van der Waals surface area contributed by atoms with Gasteiger partial charge in [0, 0.05) is 23.3 Å². The fourth-order valence-electron chi connectivity index (χ4n) is 1.21. The number of nitrogens with zero attached hydrogens (tertiary/aromatic N) is 1. The highest BCUT2D eigenvalue weighted by atomic mass is 79.9. The van der Waals surface area contributed by atoms with E-state index in [1.807, 2.05) is 0 Å². The van der Waals surface area contributed by atoms with Gasteiger partial charge in [-0.1, -0.05) is 22.9 Å². The Hall–Kier alpha value is -1.10. The Morgan fingerprint density at radius 3 is 2.87 bits per heavy atom. The first kappa shape index (κ1) is 12.0. The number of hydrogen-bond acceptors (Lipinski definition) is 3. The van der Waals surface area contributed by atoms with Crippen LogP contribution in [0.4, 0.5) is 0 Å². The zero-order chi connectivity index (χ0) is 11.4. The first-order valence-electron chi connectivity index (χ1n) is 4.48. The van der Waals surface area contributed by atoms with Crippen molar-refractivity contribution in [3.63, 3.8) is 0 Å². The van der Waals surface area contributed by atoms with Crippen LogP contribution in [0, 0.1) is 5.92 Å². The Kier molecular flexibility index (Phi) is 4.08. The summed E-state index contributed by atoms with van der Waals surface area (Å²) in [5.41, 5.74) is -0.139. The van der Waals surface area contributed by atoms with E-state index in [2.05, 4.69) is 20.7 Å². The lowest BCUT2D eigenvalue weighted by Gasteiger charge is -2.10. The van der Waals surface area contributed by atoms with Gasteiger partial charge in [0.05, 0.1) is 13.0 Å². The van der Waals surface area contributed by atoms with E-state index in [1.54, 1.807) is 19.2 Å². The summed E-state index contributed by atoms with van der Waals surface area (Å²) < 4.78 is 6.79. The molecule has 0 aromatic carbocycles. The molecular weight excluding hydrogens is 262 g/mol. The lowest BCUT2D eigenvalue weighted by molar-refractivity contribution is -0.145. The number of pyridine rings is 1. The van der Waals surface area contributed by atoms with Gasteiger partial charge in [0.15, 0.2) is 0 Å². The number of methoxy groups -OCH3 is 1. The molecule has 0 radical (unpaired) electrons. The van der Waals surface area contributed by atoms with Crippen molar-refractivity contribution in [2.24, 2.45) is 5.92 Å². The highest BCUT2D eigenvalue weighted by Crippen LogP contribution is 2.06. The fourth-order valence-corrected chi connectivity index (χ4v) is 1.52. The molecule has 5 heteroatoms. The second-order valence-electron chi connectivity index (χ2n) is 3.26. The van der Waals surface area contributed by atoms with Crippen LogP contribution in [-0.4, -0.2) is 17.6 Å². The van der Waals surface area contributed by atoms with E-state index in [0.29, 0.717) is 6.54 Å². The number of aromatic nitrogens is 1. The van der Waals surface area contributed by atoms with Crippen molar-refractivity contribution in [3.8, 4) is 0 Å². The van der Waals surface area contributed by atoms with Crippen LogP contribution >= 0.6 is 15.9 Å². The monoisotopic (exact) mass is 273 g/mol. The van der Waals surface area contributed by atoms with Crippen LogP contribution in [0.25, 0.3) is 0 Å². The van der Waals surface area contributed by atoms with Crippen LogP contribution in [0.3, 0.4) is 0 Å². The molecule has 0 fully saturated rings. The number of carbonyl (C=O) groups excluding carboxylic acids is 1. The number of rotatable bonds is 3. The number of esters is 1. The van der Waals surface area contributed by atoms with Gasteiger partial charge in [-0.2, -0.15) is 0 Å². The Bertz CT molecular complexity index is 413. The smallest absolute Gasteiger partial charge is 0.310 e. The molecule has 0 spiro atoms. The third-order valence-electron chi connectivity index (χ3n) is 2.03. The number of hydrogen-bond donors (Lipinski definition) is 0. The molecule has 0 aliphatic heterocycles. The topological polar surface area (TPSA) is 48.3 Å². The number of ether oxygens (including phenoxy) is 1. The van der Waals surface area contributed by atoms with E-state index >= 15 is 0 Å². The van der Waals surface area contributed by atoms with Gasteiger partial charge >= 0.3 is 5.97 Å². The zero-order valence-corrected chi connectivity index (χ0v) is 10.2.